The number of carbonyl (C=O) groups excluding carboxylic acids is 1. The molecule has 2 rings (SSSR count). The van der Waals surface area contributed by atoms with Gasteiger partial charge in [-0.3, -0.25) is 10.2 Å². The van der Waals surface area contributed by atoms with Gasteiger partial charge in [-0.2, -0.15) is 0 Å². The first-order valence-electron chi connectivity index (χ1n) is 7.19. The van der Waals surface area contributed by atoms with Gasteiger partial charge in [-0.1, -0.05) is 24.3 Å². The Balaban J connectivity index is 2.00. The predicted octanol–water partition coefficient (Wildman–Crippen LogP) is 1.29. The van der Waals surface area contributed by atoms with E-state index in [4.69, 9.17) is 16.2 Å². The summed E-state index contributed by atoms with van der Waals surface area (Å²) in [7, 11) is 0. The number of urea groups is 1. The van der Waals surface area contributed by atoms with E-state index >= 15 is 0 Å². The largest absolute Gasteiger partial charge is 0.481 e. The van der Waals surface area contributed by atoms with Gasteiger partial charge < -0.3 is 21.1 Å². The van der Waals surface area contributed by atoms with Crippen LogP contribution in [0.3, 0.4) is 0 Å². The zero-order valence-corrected chi connectivity index (χ0v) is 12.2. The molecule has 1 fully saturated rings. The number of carbonyl (C=O) groups is 2. The van der Waals surface area contributed by atoms with Gasteiger partial charge in [0, 0.05) is 25.1 Å². The van der Waals surface area contributed by atoms with Crippen molar-refractivity contribution in [1.29, 1.82) is 5.41 Å². The number of unbranched alkanes of at least 4 members (excludes halogenated alkanes) is 1. The average molecular weight is 304 g/mol. The fourth-order valence-corrected chi connectivity index (χ4v) is 2.54. The van der Waals surface area contributed by atoms with E-state index in [9.17, 15) is 9.59 Å². The summed E-state index contributed by atoms with van der Waals surface area (Å²) < 4.78 is 0. The number of amidine groups is 1. The van der Waals surface area contributed by atoms with Crippen molar-refractivity contribution in [2.24, 2.45) is 5.73 Å². The molecule has 1 aliphatic heterocycles. The van der Waals surface area contributed by atoms with Gasteiger partial charge in [-0.25, -0.2) is 4.79 Å². The first-order chi connectivity index (χ1) is 10.5. The number of aliphatic carboxylic acids is 1. The van der Waals surface area contributed by atoms with E-state index in [0.717, 1.165) is 5.56 Å². The Labute approximate surface area is 128 Å². The Morgan fingerprint density at radius 1 is 1.36 bits per heavy atom. The minimum atomic E-state index is -0.817. The number of benzene rings is 1. The Morgan fingerprint density at radius 3 is 2.64 bits per heavy atom. The van der Waals surface area contributed by atoms with E-state index in [1.54, 1.807) is 17.0 Å². The second kappa shape index (κ2) is 6.93. The van der Waals surface area contributed by atoms with Crippen LogP contribution >= 0.6 is 0 Å². The van der Waals surface area contributed by atoms with Gasteiger partial charge in [0.05, 0.1) is 6.04 Å². The monoisotopic (exact) mass is 304 g/mol. The number of nitrogens with one attached hydrogen (secondary N) is 2. The first-order valence-corrected chi connectivity index (χ1v) is 7.19. The van der Waals surface area contributed by atoms with E-state index in [1.807, 2.05) is 12.1 Å². The summed E-state index contributed by atoms with van der Waals surface area (Å²) in [5.74, 6) is -0.806. The molecule has 0 radical (unpaired) electrons. The molecule has 2 amide bonds. The SMILES string of the molecule is N=C(N)c1ccc(C2CNC(=O)N2CCCCC(=O)O)cc1. The van der Waals surface area contributed by atoms with Crippen LogP contribution < -0.4 is 11.1 Å². The van der Waals surface area contributed by atoms with E-state index in [0.29, 0.717) is 31.5 Å². The van der Waals surface area contributed by atoms with Crippen molar-refractivity contribution in [3.05, 3.63) is 35.4 Å². The van der Waals surface area contributed by atoms with Crippen LogP contribution in [0, 0.1) is 5.41 Å². The molecular weight excluding hydrogens is 284 g/mol. The Morgan fingerprint density at radius 2 is 2.05 bits per heavy atom. The lowest BCUT2D eigenvalue weighted by atomic mass is 10.0. The van der Waals surface area contributed by atoms with E-state index in [-0.39, 0.29) is 24.3 Å². The molecule has 1 heterocycles. The highest BCUT2D eigenvalue weighted by Gasteiger charge is 2.31. The summed E-state index contributed by atoms with van der Waals surface area (Å²) in [5.41, 5.74) is 7.05. The number of nitrogens with two attached hydrogens (primary N) is 1. The number of nitrogen functional groups attached to an aromatic ring is 1. The molecular formula is C15H20N4O3. The maximum Gasteiger partial charge on any atom is 0.318 e. The highest BCUT2D eigenvalue weighted by Crippen LogP contribution is 2.25. The third-order valence-electron chi connectivity index (χ3n) is 3.73. The van der Waals surface area contributed by atoms with Crippen LogP contribution in [-0.2, 0) is 4.79 Å². The Kier molecular flexibility index (Phi) is 4.98. The summed E-state index contributed by atoms with van der Waals surface area (Å²) in [6.07, 6.45) is 1.32. The van der Waals surface area contributed by atoms with Crippen molar-refractivity contribution >= 4 is 17.8 Å². The molecule has 7 nitrogen and oxygen atoms in total. The summed E-state index contributed by atoms with van der Waals surface area (Å²) in [4.78, 5) is 24.1. The molecule has 0 saturated carbocycles. The van der Waals surface area contributed by atoms with Crippen LogP contribution in [0.5, 0.6) is 0 Å². The summed E-state index contributed by atoms with van der Waals surface area (Å²) >= 11 is 0. The van der Waals surface area contributed by atoms with Gasteiger partial charge in [0.2, 0.25) is 0 Å². The highest BCUT2D eigenvalue weighted by atomic mass is 16.4. The van der Waals surface area contributed by atoms with Crippen LogP contribution in [0.4, 0.5) is 4.79 Å². The molecule has 118 valence electrons. The molecule has 0 aliphatic carbocycles. The standard InChI is InChI=1S/C15H20N4O3/c16-14(17)11-6-4-10(5-7-11)12-9-18-15(22)19(12)8-2-1-3-13(20)21/h4-7,12H,1-3,8-9H2,(H3,16,17)(H,18,22)(H,20,21). The minimum Gasteiger partial charge on any atom is -0.481 e. The van der Waals surface area contributed by atoms with Crippen molar-refractivity contribution in [2.75, 3.05) is 13.1 Å². The van der Waals surface area contributed by atoms with Crippen LogP contribution in [0.25, 0.3) is 0 Å². The van der Waals surface area contributed by atoms with Crippen LogP contribution in [0.2, 0.25) is 0 Å². The van der Waals surface area contributed by atoms with Crippen LogP contribution in [0.15, 0.2) is 24.3 Å². The predicted molar refractivity (Wildman–Crippen MR) is 81.8 cm³/mol. The summed E-state index contributed by atoms with van der Waals surface area (Å²) in [5, 5.41) is 18.8. The van der Waals surface area contributed by atoms with Crippen molar-refractivity contribution in [3.8, 4) is 0 Å². The van der Waals surface area contributed by atoms with Crippen LogP contribution in [-0.4, -0.2) is 40.9 Å². The second-order valence-corrected chi connectivity index (χ2v) is 5.28. The molecule has 1 aliphatic rings. The lowest BCUT2D eigenvalue weighted by molar-refractivity contribution is -0.137. The number of hydrogen-bond donors (Lipinski definition) is 4. The van der Waals surface area contributed by atoms with Gasteiger partial charge in [0.25, 0.3) is 0 Å². The first kappa shape index (κ1) is 15.8. The molecule has 1 unspecified atom stereocenters. The maximum atomic E-state index is 11.9. The number of carboxylic acid groups (broad SMARTS) is 1. The lowest BCUT2D eigenvalue weighted by Gasteiger charge is -2.23. The molecule has 0 bridgehead atoms. The molecule has 1 aromatic rings. The van der Waals surface area contributed by atoms with Crippen molar-refractivity contribution < 1.29 is 14.7 Å². The van der Waals surface area contributed by atoms with Gasteiger partial charge in [0.15, 0.2) is 0 Å². The maximum absolute atomic E-state index is 11.9. The number of carboxylic acids is 1. The number of hydrogen-bond acceptors (Lipinski definition) is 3. The Hall–Kier alpha value is -2.57. The smallest absolute Gasteiger partial charge is 0.318 e. The fraction of sp³-hybridized carbons (Fsp3) is 0.400. The van der Waals surface area contributed by atoms with Crippen molar-refractivity contribution in [3.63, 3.8) is 0 Å². The zero-order chi connectivity index (χ0) is 16.1. The summed E-state index contributed by atoms with van der Waals surface area (Å²) in [6, 6.07) is 7.07. The molecule has 1 saturated heterocycles. The highest BCUT2D eigenvalue weighted by molar-refractivity contribution is 5.94. The van der Waals surface area contributed by atoms with Crippen molar-refractivity contribution in [1.82, 2.24) is 10.2 Å². The molecule has 0 aromatic heterocycles. The number of nitrogens with zero attached hydrogens (tertiary/aromatic N) is 1. The normalized spacial score (nSPS) is 17.4. The molecule has 1 aromatic carbocycles. The van der Waals surface area contributed by atoms with Gasteiger partial charge in [0.1, 0.15) is 5.84 Å². The van der Waals surface area contributed by atoms with E-state index in [1.165, 1.54) is 0 Å². The molecule has 7 heteroatoms. The second-order valence-electron chi connectivity index (χ2n) is 5.28. The van der Waals surface area contributed by atoms with Crippen molar-refractivity contribution in [2.45, 2.75) is 25.3 Å². The summed E-state index contributed by atoms with van der Waals surface area (Å²) in [6.45, 7) is 1.05. The molecule has 5 N–H and O–H groups in total. The topological polar surface area (TPSA) is 120 Å². The average Bonchev–Trinajstić information content (AvgIpc) is 2.84. The van der Waals surface area contributed by atoms with Gasteiger partial charge in [-0.05, 0) is 18.4 Å². The van der Waals surface area contributed by atoms with Gasteiger partial charge in [-0.15, -0.1) is 0 Å². The zero-order valence-electron chi connectivity index (χ0n) is 12.2. The molecule has 0 spiro atoms. The Bertz CT molecular complexity index is 571. The minimum absolute atomic E-state index is 0.0118. The third-order valence-corrected chi connectivity index (χ3v) is 3.73. The molecule has 1 atom stereocenters. The van der Waals surface area contributed by atoms with Gasteiger partial charge >= 0.3 is 12.0 Å². The van der Waals surface area contributed by atoms with Crippen LogP contribution in [0.1, 0.15) is 36.4 Å². The molecule has 22 heavy (non-hydrogen) atoms. The fourth-order valence-electron chi connectivity index (χ4n) is 2.54. The third kappa shape index (κ3) is 3.75. The van der Waals surface area contributed by atoms with E-state index < -0.39 is 5.97 Å². The number of amides is 2. The van der Waals surface area contributed by atoms with E-state index in [2.05, 4.69) is 5.32 Å². The lowest BCUT2D eigenvalue weighted by Crippen LogP contribution is -2.31. The quantitative estimate of drug-likeness (QED) is 0.345. The number of rotatable bonds is 7.